The predicted molar refractivity (Wildman–Crippen MR) is 121 cm³/mol. The van der Waals surface area contributed by atoms with Crippen LogP contribution in [-0.2, 0) is 17.8 Å². The zero-order valence-electron chi connectivity index (χ0n) is 17.3. The number of amides is 1. The third-order valence-corrected chi connectivity index (χ3v) is 6.34. The fraction of sp³-hybridized carbons (Fsp3) is 0.348. The lowest BCUT2D eigenvalue weighted by Gasteiger charge is -2.36. The van der Waals surface area contributed by atoms with Crippen LogP contribution in [0.5, 0.6) is 0 Å². The number of anilines is 1. The van der Waals surface area contributed by atoms with Gasteiger partial charge in [-0.05, 0) is 24.6 Å². The van der Waals surface area contributed by atoms with Gasteiger partial charge in [0.15, 0.2) is 5.16 Å². The first kappa shape index (κ1) is 20.5. The molecule has 0 spiro atoms. The highest BCUT2D eigenvalue weighted by atomic mass is 32.2. The average Bonchev–Trinajstić information content (AvgIpc) is 3.20. The van der Waals surface area contributed by atoms with Crippen molar-refractivity contribution in [3.8, 4) is 0 Å². The minimum atomic E-state index is 0.169. The van der Waals surface area contributed by atoms with Crippen molar-refractivity contribution in [2.45, 2.75) is 25.0 Å². The molecule has 0 atom stereocenters. The Balaban J connectivity index is 1.31. The van der Waals surface area contributed by atoms with Crippen LogP contribution in [0.15, 0.2) is 65.8 Å². The van der Waals surface area contributed by atoms with Crippen molar-refractivity contribution in [1.82, 2.24) is 19.7 Å². The second-order valence-corrected chi connectivity index (χ2v) is 8.24. The number of aromatic nitrogens is 3. The van der Waals surface area contributed by atoms with Gasteiger partial charge in [0.25, 0.3) is 0 Å². The summed E-state index contributed by atoms with van der Waals surface area (Å²) in [6, 6.07) is 20.7. The van der Waals surface area contributed by atoms with E-state index in [1.807, 2.05) is 29.2 Å². The number of para-hydroxylation sites is 1. The van der Waals surface area contributed by atoms with Gasteiger partial charge in [-0.15, -0.1) is 10.2 Å². The summed E-state index contributed by atoms with van der Waals surface area (Å²) in [5, 5.41) is 9.54. The highest BCUT2D eigenvalue weighted by molar-refractivity contribution is 7.99. The molecule has 1 fully saturated rings. The molecule has 2 heterocycles. The molecule has 0 unspecified atom stereocenters. The molecule has 7 heteroatoms. The second kappa shape index (κ2) is 9.80. The van der Waals surface area contributed by atoms with Crippen LogP contribution in [-0.4, -0.2) is 57.5 Å². The van der Waals surface area contributed by atoms with Gasteiger partial charge in [-0.2, -0.15) is 0 Å². The Morgan fingerprint density at radius 1 is 0.933 bits per heavy atom. The van der Waals surface area contributed by atoms with Crippen LogP contribution in [0.1, 0.15) is 18.3 Å². The highest BCUT2D eigenvalue weighted by Gasteiger charge is 2.22. The van der Waals surface area contributed by atoms with Crippen LogP contribution in [0.3, 0.4) is 0 Å². The molecule has 1 aliphatic heterocycles. The molecule has 156 valence electrons. The molecule has 0 N–H and O–H groups in total. The van der Waals surface area contributed by atoms with Crippen molar-refractivity contribution in [3.05, 3.63) is 72.1 Å². The van der Waals surface area contributed by atoms with Crippen molar-refractivity contribution in [2.24, 2.45) is 0 Å². The van der Waals surface area contributed by atoms with E-state index < -0.39 is 0 Å². The molecule has 0 saturated carbocycles. The lowest BCUT2D eigenvalue weighted by Crippen LogP contribution is -2.49. The van der Waals surface area contributed by atoms with E-state index in [9.17, 15) is 4.79 Å². The van der Waals surface area contributed by atoms with E-state index >= 15 is 0 Å². The summed E-state index contributed by atoms with van der Waals surface area (Å²) in [5.41, 5.74) is 2.43. The van der Waals surface area contributed by atoms with Crippen LogP contribution >= 0.6 is 11.8 Å². The number of hydrogen-bond donors (Lipinski definition) is 0. The Labute approximate surface area is 181 Å². The molecule has 2 aromatic carbocycles. The van der Waals surface area contributed by atoms with Crippen LogP contribution in [0.2, 0.25) is 0 Å². The second-order valence-electron chi connectivity index (χ2n) is 7.30. The number of thioether (sulfide) groups is 1. The standard InChI is InChI=1S/C23H27N5OS/c1-2-28-21(17-19-9-5-3-6-10-19)24-25-23(28)30-18-22(29)27-15-13-26(14-16-27)20-11-7-4-8-12-20/h3-12H,2,13-18H2,1H3. The molecule has 0 radical (unpaired) electrons. The van der Waals surface area contributed by atoms with Crippen molar-refractivity contribution in [3.63, 3.8) is 0 Å². The zero-order chi connectivity index (χ0) is 20.8. The summed E-state index contributed by atoms with van der Waals surface area (Å²) in [6.07, 6.45) is 0.748. The molecule has 1 saturated heterocycles. The van der Waals surface area contributed by atoms with E-state index in [2.05, 4.69) is 63.0 Å². The fourth-order valence-electron chi connectivity index (χ4n) is 3.72. The fourth-order valence-corrected chi connectivity index (χ4v) is 4.65. The molecule has 4 rings (SSSR count). The Morgan fingerprint density at radius 3 is 2.27 bits per heavy atom. The summed E-state index contributed by atoms with van der Waals surface area (Å²) in [5.74, 6) is 1.51. The lowest BCUT2D eigenvalue weighted by molar-refractivity contribution is -0.128. The number of rotatable bonds is 7. The summed E-state index contributed by atoms with van der Waals surface area (Å²) >= 11 is 1.49. The van der Waals surface area contributed by atoms with E-state index in [1.165, 1.54) is 23.0 Å². The number of hydrogen-bond acceptors (Lipinski definition) is 5. The minimum Gasteiger partial charge on any atom is -0.368 e. The van der Waals surface area contributed by atoms with Crippen molar-refractivity contribution in [1.29, 1.82) is 0 Å². The summed E-state index contributed by atoms with van der Waals surface area (Å²) < 4.78 is 2.11. The number of nitrogens with zero attached hydrogens (tertiary/aromatic N) is 5. The number of benzene rings is 2. The first-order valence-electron chi connectivity index (χ1n) is 10.4. The Hall–Kier alpha value is -2.80. The van der Waals surface area contributed by atoms with Gasteiger partial charge in [-0.25, -0.2) is 0 Å². The highest BCUT2D eigenvalue weighted by Crippen LogP contribution is 2.21. The van der Waals surface area contributed by atoms with E-state index in [0.717, 1.165) is 50.1 Å². The van der Waals surface area contributed by atoms with Gasteiger partial charge in [0, 0.05) is 44.8 Å². The first-order chi connectivity index (χ1) is 14.7. The molecule has 1 aliphatic rings. The maximum Gasteiger partial charge on any atom is 0.233 e. The first-order valence-corrected chi connectivity index (χ1v) is 11.4. The lowest BCUT2D eigenvalue weighted by atomic mass is 10.1. The molecular weight excluding hydrogens is 394 g/mol. The quantitative estimate of drug-likeness (QED) is 0.548. The normalized spacial score (nSPS) is 14.2. The van der Waals surface area contributed by atoms with Crippen LogP contribution in [0, 0.1) is 0 Å². The smallest absolute Gasteiger partial charge is 0.233 e. The predicted octanol–water partition coefficient (Wildman–Crippen LogP) is 3.33. The topological polar surface area (TPSA) is 54.3 Å². The molecule has 0 bridgehead atoms. The van der Waals surface area contributed by atoms with Crippen LogP contribution in [0.4, 0.5) is 5.69 Å². The van der Waals surface area contributed by atoms with Crippen molar-refractivity contribution in [2.75, 3.05) is 36.8 Å². The number of carbonyl (C=O) groups excluding carboxylic acids is 1. The Morgan fingerprint density at radius 2 is 1.60 bits per heavy atom. The van der Waals surface area contributed by atoms with Crippen molar-refractivity contribution < 1.29 is 4.79 Å². The van der Waals surface area contributed by atoms with Gasteiger partial charge < -0.3 is 14.4 Å². The van der Waals surface area contributed by atoms with E-state index in [-0.39, 0.29) is 5.91 Å². The summed E-state index contributed by atoms with van der Waals surface area (Å²) in [7, 11) is 0. The van der Waals surface area contributed by atoms with Gasteiger partial charge in [-0.1, -0.05) is 60.3 Å². The largest absolute Gasteiger partial charge is 0.368 e. The molecule has 0 aliphatic carbocycles. The summed E-state index contributed by atoms with van der Waals surface area (Å²) in [4.78, 5) is 17.0. The van der Waals surface area contributed by atoms with E-state index in [1.54, 1.807) is 0 Å². The van der Waals surface area contributed by atoms with Crippen LogP contribution in [0.25, 0.3) is 0 Å². The van der Waals surface area contributed by atoms with E-state index in [0.29, 0.717) is 5.75 Å². The average molecular weight is 422 g/mol. The Bertz CT molecular complexity index is 952. The van der Waals surface area contributed by atoms with E-state index in [4.69, 9.17) is 0 Å². The van der Waals surface area contributed by atoms with Crippen molar-refractivity contribution >= 4 is 23.4 Å². The number of piperazine rings is 1. The molecule has 30 heavy (non-hydrogen) atoms. The van der Waals surface area contributed by atoms with Gasteiger partial charge >= 0.3 is 0 Å². The monoisotopic (exact) mass is 421 g/mol. The third kappa shape index (κ3) is 4.84. The van der Waals surface area contributed by atoms with Gasteiger partial charge in [0.05, 0.1) is 5.75 Å². The molecule has 1 aromatic heterocycles. The number of carbonyl (C=O) groups is 1. The Kier molecular flexibility index (Phi) is 6.69. The minimum absolute atomic E-state index is 0.169. The van der Waals surface area contributed by atoms with Gasteiger partial charge in [0.1, 0.15) is 5.82 Å². The SMILES string of the molecule is CCn1c(Cc2ccccc2)nnc1SCC(=O)N1CCN(c2ccccc2)CC1. The molecular formula is C23H27N5OS. The maximum atomic E-state index is 12.7. The molecule has 1 amide bonds. The van der Waals surface area contributed by atoms with Gasteiger partial charge in [0.2, 0.25) is 5.91 Å². The maximum absolute atomic E-state index is 12.7. The molecule has 6 nitrogen and oxygen atoms in total. The zero-order valence-corrected chi connectivity index (χ0v) is 18.1. The van der Waals surface area contributed by atoms with Gasteiger partial charge in [-0.3, -0.25) is 4.79 Å². The summed E-state index contributed by atoms with van der Waals surface area (Å²) in [6.45, 7) is 6.13. The third-order valence-electron chi connectivity index (χ3n) is 5.39. The molecule has 3 aromatic rings. The van der Waals surface area contributed by atoms with Crippen LogP contribution < -0.4 is 4.90 Å².